The number of carbonyl (C=O) groups is 2. The zero-order valence-electron chi connectivity index (χ0n) is 15.8. The Kier molecular flexibility index (Phi) is 5.16. The van der Waals surface area contributed by atoms with Crippen molar-refractivity contribution in [3.05, 3.63) is 17.5 Å². The predicted octanol–water partition coefficient (Wildman–Crippen LogP) is 2.46. The molecule has 1 heterocycles. The van der Waals surface area contributed by atoms with Crippen molar-refractivity contribution in [1.29, 1.82) is 0 Å². The van der Waals surface area contributed by atoms with Crippen molar-refractivity contribution < 1.29 is 9.59 Å². The van der Waals surface area contributed by atoms with E-state index in [4.69, 9.17) is 0 Å². The summed E-state index contributed by atoms with van der Waals surface area (Å²) in [5, 5.41) is 7.40. The second-order valence-corrected chi connectivity index (χ2v) is 7.62. The normalized spacial score (nSPS) is 25.8. The molecule has 2 fully saturated rings. The molecule has 4 unspecified atom stereocenters. The highest BCUT2D eigenvalue weighted by Crippen LogP contribution is 2.49. The highest BCUT2D eigenvalue weighted by atomic mass is 16.2. The molecule has 0 saturated heterocycles. The van der Waals surface area contributed by atoms with E-state index < -0.39 is 0 Å². The number of fused-ring (bicyclic) bond motifs is 2. The van der Waals surface area contributed by atoms with Crippen LogP contribution in [-0.2, 0) is 7.05 Å². The van der Waals surface area contributed by atoms with Gasteiger partial charge in [-0.05, 0) is 57.8 Å². The third kappa shape index (κ3) is 3.44. The van der Waals surface area contributed by atoms with Gasteiger partial charge in [0, 0.05) is 32.2 Å². The summed E-state index contributed by atoms with van der Waals surface area (Å²) in [4.78, 5) is 26.8. The van der Waals surface area contributed by atoms with Crippen molar-refractivity contribution in [2.45, 2.75) is 52.5 Å². The van der Waals surface area contributed by atoms with Crippen LogP contribution in [0.15, 0.2) is 6.07 Å². The molecule has 2 aliphatic carbocycles. The Morgan fingerprint density at radius 1 is 1.32 bits per heavy atom. The summed E-state index contributed by atoms with van der Waals surface area (Å²) in [6.07, 6.45) is 5.24. The maximum atomic E-state index is 12.7. The summed E-state index contributed by atoms with van der Waals surface area (Å²) in [5.74, 6) is 1.97. The molecule has 1 N–H and O–H groups in total. The molecule has 1 aromatic heterocycles. The Balaban J connectivity index is 1.67. The van der Waals surface area contributed by atoms with E-state index >= 15 is 0 Å². The van der Waals surface area contributed by atoms with Gasteiger partial charge in [0.25, 0.3) is 11.8 Å². The first-order chi connectivity index (χ1) is 11.9. The van der Waals surface area contributed by atoms with E-state index in [0.29, 0.717) is 30.4 Å². The molecule has 0 aliphatic heterocycles. The average molecular weight is 346 g/mol. The van der Waals surface area contributed by atoms with Gasteiger partial charge in [-0.3, -0.25) is 14.3 Å². The molecule has 0 radical (unpaired) electrons. The van der Waals surface area contributed by atoms with E-state index in [2.05, 4.69) is 17.3 Å². The van der Waals surface area contributed by atoms with Crippen molar-refractivity contribution >= 4 is 11.8 Å². The Hall–Kier alpha value is -1.85. The minimum absolute atomic E-state index is 0.124. The molecule has 4 atom stereocenters. The van der Waals surface area contributed by atoms with E-state index in [1.807, 2.05) is 13.8 Å². The predicted molar refractivity (Wildman–Crippen MR) is 96.3 cm³/mol. The van der Waals surface area contributed by atoms with Gasteiger partial charge in [-0.15, -0.1) is 0 Å². The molecule has 6 heteroatoms. The highest BCUT2D eigenvalue weighted by molar-refractivity contribution is 5.98. The van der Waals surface area contributed by atoms with Crippen molar-refractivity contribution in [1.82, 2.24) is 20.0 Å². The van der Waals surface area contributed by atoms with Gasteiger partial charge in [0.2, 0.25) is 0 Å². The molecule has 1 aromatic rings. The maximum Gasteiger partial charge on any atom is 0.274 e. The molecule has 2 bridgehead atoms. The quantitative estimate of drug-likeness (QED) is 0.860. The SMILES string of the molecule is CCN(CC)C(=O)c1cc(C(=O)NC(C)C2CC3CCC2C3)n(C)n1. The molecular weight excluding hydrogens is 316 g/mol. The molecular formula is C19H30N4O2. The van der Waals surface area contributed by atoms with Crippen molar-refractivity contribution in [3.63, 3.8) is 0 Å². The fourth-order valence-corrected chi connectivity index (χ4v) is 4.75. The van der Waals surface area contributed by atoms with E-state index in [-0.39, 0.29) is 17.9 Å². The molecule has 2 amide bonds. The minimum Gasteiger partial charge on any atom is -0.348 e. The Morgan fingerprint density at radius 2 is 2.04 bits per heavy atom. The van der Waals surface area contributed by atoms with Crippen molar-refractivity contribution in [2.75, 3.05) is 13.1 Å². The second kappa shape index (κ2) is 7.18. The van der Waals surface area contributed by atoms with Gasteiger partial charge in [-0.2, -0.15) is 5.10 Å². The molecule has 2 aliphatic rings. The van der Waals surface area contributed by atoms with Crippen LogP contribution in [0, 0.1) is 17.8 Å². The summed E-state index contributed by atoms with van der Waals surface area (Å²) in [5.41, 5.74) is 0.787. The molecule has 0 spiro atoms. The molecule has 6 nitrogen and oxygen atoms in total. The summed E-state index contributed by atoms with van der Waals surface area (Å²) in [6, 6.07) is 1.78. The lowest BCUT2D eigenvalue weighted by Crippen LogP contribution is -2.40. The van der Waals surface area contributed by atoms with Gasteiger partial charge < -0.3 is 10.2 Å². The standard InChI is InChI=1S/C19H30N4O2/c1-5-23(6-2)19(25)16-11-17(22(4)21-16)18(24)20-12(3)15-10-13-7-8-14(15)9-13/h11-15H,5-10H2,1-4H3,(H,20,24). The summed E-state index contributed by atoms with van der Waals surface area (Å²) < 4.78 is 1.51. The summed E-state index contributed by atoms with van der Waals surface area (Å²) in [6.45, 7) is 7.26. The van der Waals surface area contributed by atoms with Crippen LogP contribution in [-0.4, -0.2) is 45.6 Å². The van der Waals surface area contributed by atoms with Crippen LogP contribution in [0.1, 0.15) is 67.4 Å². The number of rotatable bonds is 6. The first-order valence-electron chi connectivity index (χ1n) is 9.58. The molecule has 0 aromatic carbocycles. The molecule has 25 heavy (non-hydrogen) atoms. The fourth-order valence-electron chi connectivity index (χ4n) is 4.75. The number of aryl methyl sites for hydroxylation is 1. The molecule has 3 rings (SSSR count). The average Bonchev–Trinajstić information content (AvgIpc) is 3.30. The van der Waals surface area contributed by atoms with Gasteiger partial charge in [0.1, 0.15) is 5.69 Å². The zero-order chi connectivity index (χ0) is 18.1. The van der Waals surface area contributed by atoms with Gasteiger partial charge in [-0.25, -0.2) is 0 Å². The highest BCUT2D eigenvalue weighted by Gasteiger charge is 2.42. The van der Waals surface area contributed by atoms with Gasteiger partial charge in [-0.1, -0.05) is 6.42 Å². The van der Waals surface area contributed by atoms with Crippen molar-refractivity contribution in [3.8, 4) is 0 Å². The molecule has 138 valence electrons. The third-order valence-electron chi connectivity index (χ3n) is 6.18. The lowest BCUT2D eigenvalue weighted by atomic mass is 9.84. The number of aromatic nitrogens is 2. The van der Waals surface area contributed by atoms with Crippen LogP contribution in [0.25, 0.3) is 0 Å². The minimum atomic E-state index is -0.135. The van der Waals surface area contributed by atoms with Gasteiger partial charge >= 0.3 is 0 Å². The fraction of sp³-hybridized carbons (Fsp3) is 0.737. The summed E-state index contributed by atoms with van der Waals surface area (Å²) >= 11 is 0. The van der Waals surface area contributed by atoms with Crippen LogP contribution >= 0.6 is 0 Å². The van der Waals surface area contributed by atoms with E-state index in [1.54, 1.807) is 18.0 Å². The largest absolute Gasteiger partial charge is 0.348 e. The number of hydrogen-bond acceptors (Lipinski definition) is 3. The van der Waals surface area contributed by atoms with Gasteiger partial charge in [0.15, 0.2) is 5.69 Å². The zero-order valence-corrected chi connectivity index (χ0v) is 15.8. The first kappa shape index (κ1) is 18.0. The smallest absolute Gasteiger partial charge is 0.274 e. The number of nitrogens with one attached hydrogen (secondary N) is 1. The number of amides is 2. The van der Waals surface area contributed by atoms with E-state index in [1.165, 1.54) is 30.4 Å². The van der Waals surface area contributed by atoms with E-state index in [0.717, 1.165) is 11.8 Å². The van der Waals surface area contributed by atoms with Crippen LogP contribution in [0.3, 0.4) is 0 Å². The van der Waals surface area contributed by atoms with Crippen LogP contribution in [0.5, 0.6) is 0 Å². The Bertz CT molecular complexity index is 650. The van der Waals surface area contributed by atoms with Crippen LogP contribution < -0.4 is 5.32 Å². The van der Waals surface area contributed by atoms with Gasteiger partial charge in [0.05, 0.1) is 0 Å². The topological polar surface area (TPSA) is 67.2 Å². The van der Waals surface area contributed by atoms with Crippen molar-refractivity contribution in [2.24, 2.45) is 24.8 Å². The van der Waals surface area contributed by atoms with E-state index in [9.17, 15) is 9.59 Å². The summed E-state index contributed by atoms with van der Waals surface area (Å²) in [7, 11) is 1.72. The second-order valence-electron chi connectivity index (χ2n) is 7.62. The lowest BCUT2D eigenvalue weighted by molar-refractivity contribution is 0.0766. The number of nitrogens with zero attached hydrogens (tertiary/aromatic N) is 3. The number of hydrogen-bond donors (Lipinski definition) is 1. The monoisotopic (exact) mass is 346 g/mol. The maximum absolute atomic E-state index is 12.7. The molecule has 2 saturated carbocycles. The first-order valence-corrected chi connectivity index (χ1v) is 9.58. The van der Waals surface area contributed by atoms with Crippen LogP contribution in [0.4, 0.5) is 0 Å². The van der Waals surface area contributed by atoms with Crippen LogP contribution in [0.2, 0.25) is 0 Å². The Labute approximate surface area is 149 Å². The number of carbonyl (C=O) groups excluding carboxylic acids is 2. The lowest BCUT2D eigenvalue weighted by Gasteiger charge is -2.28. The third-order valence-corrected chi connectivity index (χ3v) is 6.18. The Morgan fingerprint density at radius 3 is 2.60 bits per heavy atom.